The summed E-state index contributed by atoms with van der Waals surface area (Å²) < 4.78 is 0. The van der Waals surface area contributed by atoms with Gasteiger partial charge in [-0.2, -0.15) is 0 Å². The number of anilines is 1. The van der Waals surface area contributed by atoms with E-state index in [1.54, 1.807) is 17.9 Å². The first-order chi connectivity index (χ1) is 8.95. The van der Waals surface area contributed by atoms with Crippen molar-refractivity contribution in [2.24, 2.45) is 0 Å². The zero-order valence-corrected chi connectivity index (χ0v) is 10.6. The molecule has 19 heavy (non-hydrogen) atoms. The number of carboxylic acids is 1. The second-order valence-corrected chi connectivity index (χ2v) is 4.82. The Morgan fingerprint density at radius 3 is 2.79 bits per heavy atom. The zero-order valence-electron chi connectivity index (χ0n) is 10.6. The molecule has 1 fully saturated rings. The number of aromatic nitrogens is 1. The normalized spacial score (nSPS) is 23.1. The lowest BCUT2D eigenvalue weighted by molar-refractivity contribution is -0.389. The first kappa shape index (κ1) is 13.3. The number of nitrogens with zero attached hydrogens (tertiary/aromatic N) is 3. The zero-order chi connectivity index (χ0) is 14.0. The Balaban J connectivity index is 2.32. The van der Waals surface area contributed by atoms with E-state index in [0.717, 1.165) is 12.8 Å². The Bertz CT molecular complexity index is 502. The molecule has 102 valence electrons. The van der Waals surface area contributed by atoms with Gasteiger partial charge in [-0.1, -0.05) is 0 Å². The van der Waals surface area contributed by atoms with Gasteiger partial charge in [-0.3, -0.25) is 0 Å². The van der Waals surface area contributed by atoms with Crippen LogP contribution in [0.25, 0.3) is 0 Å². The molecule has 0 amide bonds. The monoisotopic (exact) mass is 265 g/mol. The molecule has 0 saturated carbocycles. The fraction of sp³-hybridized carbons (Fsp3) is 0.500. The van der Waals surface area contributed by atoms with E-state index in [1.807, 2.05) is 0 Å². The quantitative estimate of drug-likeness (QED) is 0.661. The summed E-state index contributed by atoms with van der Waals surface area (Å²) in [5.41, 5.74) is -0.369. The maximum absolute atomic E-state index is 11.5. The van der Waals surface area contributed by atoms with Crippen LogP contribution in [-0.4, -0.2) is 33.1 Å². The van der Waals surface area contributed by atoms with E-state index in [0.29, 0.717) is 18.7 Å². The van der Waals surface area contributed by atoms with E-state index in [2.05, 4.69) is 4.98 Å². The van der Waals surface area contributed by atoms with Gasteiger partial charge in [-0.05, 0) is 42.2 Å². The lowest BCUT2D eigenvalue weighted by Gasteiger charge is -2.42. The Hall–Kier alpha value is -2.18. The summed E-state index contributed by atoms with van der Waals surface area (Å²) >= 11 is 0. The van der Waals surface area contributed by atoms with Crippen molar-refractivity contribution in [1.29, 1.82) is 0 Å². The molecule has 1 aliphatic rings. The average molecular weight is 265 g/mol. The molecule has 0 bridgehead atoms. The van der Waals surface area contributed by atoms with Crippen molar-refractivity contribution in [3.05, 3.63) is 28.4 Å². The van der Waals surface area contributed by atoms with Crippen LogP contribution in [-0.2, 0) is 4.79 Å². The van der Waals surface area contributed by atoms with Gasteiger partial charge in [0.05, 0.1) is 5.69 Å². The van der Waals surface area contributed by atoms with Gasteiger partial charge in [0.25, 0.3) is 0 Å². The number of nitro groups is 1. The Morgan fingerprint density at radius 1 is 1.53 bits per heavy atom. The molecule has 2 rings (SSSR count). The van der Waals surface area contributed by atoms with Gasteiger partial charge < -0.3 is 20.1 Å². The second-order valence-electron chi connectivity index (χ2n) is 4.82. The maximum Gasteiger partial charge on any atom is 0.363 e. The van der Waals surface area contributed by atoms with Crippen molar-refractivity contribution >= 4 is 17.5 Å². The summed E-state index contributed by atoms with van der Waals surface area (Å²) in [7, 11) is 0. The van der Waals surface area contributed by atoms with Crippen LogP contribution < -0.4 is 4.90 Å². The van der Waals surface area contributed by atoms with Crippen LogP contribution in [0.4, 0.5) is 11.5 Å². The molecular weight excluding hydrogens is 250 g/mol. The summed E-state index contributed by atoms with van der Waals surface area (Å²) in [5.74, 6) is -1.12. The first-order valence-electron chi connectivity index (χ1n) is 6.06. The summed E-state index contributed by atoms with van der Waals surface area (Å²) in [6.45, 7) is 2.29. The van der Waals surface area contributed by atoms with Gasteiger partial charge in [0.1, 0.15) is 5.54 Å². The lowest BCUT2D eigenvalue weighted by Crippen LogP contribution is -2.55. The summed E-state index contributed by atoms with van der Waals surface area (Å²) in [6, 6.07) is 2.85. The molecule has 7 nitrogen and oxygen atoms in total. The molecular formula is C12H15N3O4. The average Bonchev–Trinajstić information content (AvgIpc) is 2.39. The third-order valence-electron chi connectivity index (χ3n) is 3.58. The number of carboxylic acid groups (broad SMARTS) is 1. The fourth-order valence-corrected chi connectivity index (χ4v) is 2.40. The van der Waals surface area contributed by atoms with Gasteiger partial charge >= 0.3 is 11.8 Å². The number of hydrogen-bond donors (Lipinski definition) is 1. The third-order valence-corrected chi connectivity index (χ3v) is 3.58. The predicted molar refractivity (Wildman–Crippen MR) is 68.1 cm³/mol. The highest BCUT2D eigenvalue weighted by Gasteiger charge is 2.41. The minimum Gasteiger partial charge on any atom is -0.480 e. The Labute approximate surface area is 110 Å². The van der Waals surface area contributed by atoms with Crippen molar-refractivity contribution in [3.63, 3.8) is 0 Å². The number of carbonyl (C=O) groups is 1. The summed E-state index contributed by atoms with van der Waals surface area (Å²) in [6.07, 6.45) is 3.68. The summed E-state index contributed by atoms with van der Waals surface area (Å²) in [4.78, 5) is 27.0. The molecule has 2 heterocycles. The van der Waals surface area contributed by atoms with Crippen LogP contribution in [0.5, 0.6) is 0 Å². The Morgan fingerprint density at radius 2 is 2.26 bits per heavy atom. The molecule has 0 radical (unpaired) electrons. The highest BCUT2D eigenvalue weighted by molar-refractivity contribution is 5.83. The number of rotatable bonds is 3. The van der Waals surface area contributed by atoms with E-state index >= 15 is 0 Å². The van der Waals surface area contributed by atoms with Crippen molar-refractivity contribution in [2.75, 3.05) is 11.4 Å². The van der Waals surface area contributed by atoms with E-state index in [9.17, 15) is 20.0 Å². The van der Waals surface area contributed by atoms with Gasteiger partial charge in [0.2, 0.25) is 0 Å². The molecule has 0 spiro atoms. The summed E-state index contributed by atoms with van der Waals surface area (Å²) in [5, 5.41) is 20.0. The van der Waals surface area contributed by atoms with Crippen molar-refractivity contribution in [2.45, 2.75) is 31.7 Å². The molecule has 1 aromatic heterocycles. The standard InChI is InChI=1S/C12H15N3O4/c1-12(11(16)17)6-2-3-7-14(12)9-4-5-10(13-8-9)15(18)19/h4-5,8H,2-3,6-7H2,1H3,(H,16,17). The van der Waals surface area contributed by atoms with Crippen LogP contribution in [0.15, 0.2) is 18.3 Å². The van der Waals surface area contributed by atoms with Crippen LogP contribution in [0.3, 0.4) is 0 Å². The lowest BCUT2D eigenvalue weighted by atomic mass is 9.88. The van der Waals surface area contributed by atoms with E-state index < -0.39 is 16.4 Å². The molecule has 1 N–H and O–H groups in total. The van der Waals surface area contributed by atoms with Crippen LogP contribution >= 0.6 is 0 Å². The minimum atomic E-state index is -0.976. The van der Waals surface area contributed by atoms with E-state index in [4.69, 9.17) is 0 Å². The second kappa shape index (κ2) is 4.83. The highest BCUT2D eigenvalue weighted by Crippen LogP contribution is 2.33. The topological polar surface area (TPSA) is 96.6 Å². The van der Waals surface area contributed by atoms with E-state index in [-0.39, 0.29) is 5.82 Å². The largest absolute Gasteiger partial charge is 0.480 e. The van der Waals surface area contributed by atoms with Crippen molar-refractivity contribution in [1.82, 2.24) is 4.98 Å². The Kier molecular flexibility index (Phi) is 3.37. The van der Waals surface area contributed by atoms with Gasteiger partial charge in [-0.15, -0.1) is 0 Å². The maximum atomic E-state index is 11.5. The highest BCUT2D eigenvalue weighted by atomic mass is 16.6. The number of pyridine rings is 1. The molecule has 0 aromatic carbocycles. The van der Waals surface area contributed by atoms with Crippen LogP contribution in [0, 0.1) is 10.1 Å². The van der Waals surface area contributed by atoms with Gasteiger partial charge in [-0.25, -0.2) is 4.79 Å². The molecule has 1 atom stereocenters. The fourth-order valence-electron chi connectivity index (χ4n) is 2.40. The van der Waals surface area contributed by atoms with E-state index in [1.165, 1.54) is 12.3 Å². The SMILES string of the molecule is CC1(C(=O)O)CCCCN1c1ccc([N+](=O)[O-])nc1. The molecule has 1 unspecified atom stereocenters. The number of piperidine rings is 1. The smallest absolute Gasteiger partial charge is 0.363 e. The molecule has 1 saturated heterocycles. The number of aliphatic carboxylic acids is 1. The first-order valence-corrected chi connectivity index (χ1v) is 6.06. The molecule has 1 aromatic rings. The molecule has 0 aliphatic carbocycles. The molecule has 7 heteroatoms. The van der Waals surface area contributed by atoms with Crippen LogP contribution in [0.1, 0.15) is 26.2 Å². The minimum absolute atomic E-state index is 0.238. The third kappa shape index (κ3) is 2.35. The van der Waals surface area contributed by atoms with Crippen molar-refractivity contribution in [3.8, 4) is 0 Å². The van der Waals surface area contributed by atoms with Gasteiger partial charge in [0, 0.05) is 12.6 Å². The predicted octanol–water partition coefficient (Wildman–Crippen LogP) is 1.82. The molecule has 1 aliphatic heterocycles. The van der Waals surface area contributed by atoms with Gasteiger partial charge in [0.15, 0.2) is 6.20 Å². The van der Waals surface area contributed by atoms with Crippen molar-refractivity contribution < 1.29 is 14.8 Å². The number of hydrogen-bond acceptors (Lipinski definition) is 5. The van der Waals surface area contributed by atoms with Crippen LogP contribution in [0.2, 0.25) is 0 Å².